The number of piperidine rings is 2. The quantitative estimate of drug-likeness (QED) is 0.672. The third-order valence-electron chi connectivity index (χ3n) is 3.82. The van der Waals surface area contributed by atoms with Crippen LogP contribution in [0.1, 0.15) is 26.2 Å². The van der Waals surface area contributed by atoms with E-state index in [4.69, 9.17) is 0 Å². The molecule has 0 bridgehead atoms. The van der Waals surface area contributed by atoms with Crippen molar-refractivity contribution in [3.05, 3.63) is 0 Å². The molecule has 2 unspecified atom stereocenters. The number of nitrogens with zero attached hydrogens (tertiary/aromatic N) is 1. The lowest BCUT2D eigenvalue weighted by molar-refractivity contribution is -0.139. The second kappa shape index (κ2) is 5.15. The molecule has 0 aromatic heterocycles. The van der Waals surface area contributed by atoms with Crippen LogP contribution < -0.4 is 5.32 Å². The summed E-state index contributed by atoms with van der Waals surface area (Å²) in [6, 6.07) is 0. The van der Waals surface area contributed by atoms with Gasteiger partial charge in [-0.25, -0.2) is 0 Å². The van der Waals surface area contributed by atoms with Gasteiger partial charge >= 0.3 is 0 Å². The second-order valence-corrected chi connectivity index (χ2v) is 5.16. The number of nitrogens with one attached hydrogen (secondary N) is 1. The number of hydrogen-bond donors (Lipinski definition) is 2. The van der Waals surface area contributed by atoms with E-state index in [1.807, 2.05) is 11.8 Å². The fraction of sp³-hybridized carbons (Fsp3) is 0.917. The number of hydrogen-bond acceptors (Lipinski definition) is 3. The maximum Gasteiger partial charge on any atom is 0.226 e. The van der Waals surface area contributed by atoms with Gasteiger partial charge in [0.05, 0.1) is 12.0 Å². The van der Waals surface area contributed by atoms with Crippen LogP contribution in [-0.4, -0.2) is 48.2 Å². The average molecular weight is 226 g/mol. The summed E-state index contributed by atoms with van der Waals surface area (Å²) >= 11 is 0. The molecule has 2 N–H and O–H groups in total. The maximum absolute atomic E-state index is 12.2. The summed E-state index contributed by atoms with van der Waals surface area (Å²) in [6.07, 6.45) is 2.61. The van der Waals surface area contributed by atoms with Crippen molar-refractivity contribution in [2.75, 3.05) is 26.2 Å². The van der Waals surface area contributed by atoms with Crippen molar-refractivity contribution >= 4 is 5.91 Å². The van der Waals surface area contributed by atoms with Gasteiger partial charge < -0.3 is 15.3 Å². The monoisotopic (exact) mass is 226 g/mol. The summed E-state index contributed by atoms with van der Waals surface area (Å²) in [5.74, 6) is 0.663. The van der Waals surface area contributed by atoms with Gasteiger partial charge in [-0.2, -0.15) is 0 Å². The lowest BCUT2D eigenvalue weighted by Gasteiger charge is -2.37. The fourth-order valence-electron chi connectivity index (χ4n) is 2.65. The van der Waals surface area contributed by atoms with E-state index in [1.54, 1.807) is 0 Å². The number of likely N-dealkylation sites (tertiary alicyclic amines) is 1. The Bertz CT molecular complexity index is 251. The molecule has 2 aliphatic heterocycles. The highest BCUT2D eigenvalue weighted by atomic mass is 16.3. The van der Waals surface area contributed by atoms with Crippen LogP contribution in [0.4, 0.5) is 0 Å². The van der Waals surface area contributed by atoms with E-state index in [0.29, 0.717) is 0 Å². The van der Waals surface area contributed by atoms with E-state index in [-0.39, 0.29) is 23.8 Å². The van der Waals surface area contributed by atoms with Crippen molar-refractivity contribution in [1.82, 2.24) is 10.2 Å². The SMILES string of the molecule is CC1CN(C(=O)[C@@H]2CCCNC2)CCC1O. The Kier molecular flexibility index (Phi) is 3.82. The third kappa shape index (κ3) is 2.55. The highest BCUT2D eigenvalue weighted by molar-refractivity contribution is 5.79. The zero-order chi connectivity index (χ0) is 11.5. The third-order valence-corrected chi connectivity index (χ3v) is 3.82. The normalized spacial score (nSPS) is 36.1. The largest absolute Gasteiger partial charge is 0.393 e. The van der Waals surface area contributed by atoms with Crippen LogP contribution in [0.2, 0.25) is 0 Å². The number of aliphatic hydroxyl groups excluding tert-OH is 1. The van der Waals surface area contributed by atoms with Gasteiger partial charge in [0.15, 0.2) is 0 Å². The number of carbonyl (C=O) groups excluding carboxylic acids is 1. The van der Waals surface area contributed by atoms with E-state index in [1.165, 1.54) is 0 Å². The Balaban J connectivity index is 1.89. The summed E-state index contributed by atoms with van der Waals surface area (Å²) in [4.78, 5) is 14.1. The molecule has 0 spiro atoms. The number of carbonyl (C=O) groups is 1. The molecule has 92 valence electrons. The topological polar surface area (TPSA) is 52.6 Å². The van der Waals surface area contributed by atoms with Crippen LogP contribution >= 0.6 is 0 Å². The minimum atomic E-state index is -0.228. The summed E-state index contributed by atoms with van der Waals surface area (Å²) in [5.41, 5.74) is 0. The Labute approximate surface area is 97.0 Å². The highest BCUT2D eigenvalue weighted by Crippen LogP contribution is 2.20. The van der Waals surface area contributed by atoms with Crippen LogP contribution in [0.3, 0.4) is 0 Å². The first-order valence-electron chi connectivity index (χ1n) is 6.36. The molecule has 4 nitrogen and oxygen atoms in total. The molecule has 0 saturated carbocycles. The van der Waals surface area contributed by atoms with Crippen molar-refractivity contribution in [2.45, 2.75) is 32.3 Å². The van der Waals surface area contributed by atoms with Crippen molar-refractivity contribution in [3.8, 4) is 0 Å². The first-order valence-corrected chi connectivity index (χ1v) is 6.36. The van der Waals surface area contributed by atoms with Crippen molar-refractivity contribution in [1.29, 1.82) is 0 Å². The van der Waals surface area contributed by atoms with Crippen molar-refractivity contribution in [2.24, 2.45) is 11.8 Å². The van der Waals surface area contributed by atoms with E-state index in [0.717, 1.165) is 45.4 Å². The van der Waals surface area contributed by atoms with E-state index < -0.39 is 0 Å². The maximum atomic E-state index is 12.2. The Morgan fingerprint density at radius 1 is 1.44 bits per heavy atom. The molecule has 4 heteroatoms. The molecule has 16 heavy (non-hydrogen) atoms. The summed E-state index contributed by atoms with van der Waals surface area (Å²) in [7, 11) is 0. The highest BCUT2D eigenvalue weighted by Gasteiger charge is 2.31. The molecule has 0 radical (unpaired) electrons. The van der Waals surface area contributed by atoms with Gasteiger partial charge in [0.1, 0.15) is 0 Å². The fourth-order valence-corrected chi connectivity index (χ4v) is 2.65. The Hall–Kier alpha value is -0.610. The van der Waals surface area contributed by atoms with Crippen LogP contribution in [0, 0.1) is 11.8 Å². The van der Waals surface area contributed by atoms with Gasteiger partial charge in [-0.15, -0.1) is 0 Å². The molecule has 1 amide bonds. The smallest absolute Gasteiger partial charge is 0.226 e. The predicted molar refractivity (Wildman–Crippen MR) is 62.0 cm³/mol. The van der Waals surface area contributed by atoms with Gasteiger partial charge in [0, 0.05) is 19.6 Å². The molecule has 2 heterocycles. The van der Waals surface area contributed by atoms with Crippen LogP contribution in [0.5, 0.6) is 0 Å². The molecular formula is C12H22N2O2. The zero-order valence-electron chi connectivity index (χ0n) is 9.98. The molecule has 2 fully saturated rings. The molecule has 0 aromatic carbocycles. The molecule has 0 aromatic rings. The molecule has 3 atom stereocenters. The summed E-state index contributed by atoms with van der Waals surface area (Å²) in [5, 5.41) is 12.9. The first-order chi connectivity index (χ1) is 7.68. The predicted octanol–water partition coefficient (Wildman–Crippen LogP) is 0.215. The summed E-state index contributed by atoms with van der Waals surface area (Å²) < 4.78 is 0. The van der Waals surface area contributed by atoms with E-state index in [2.05, 4.69) is 5.32 Å². The average Bonchev–Trinajstić information content (AvgIpc) is 2.33. The van der Waals surface area contributed by atoms with Gasteiger partial charge in [0.2, 0.25) is 5.91 Å². The molecular weight excluding hydrogens is 204 g/mol. The molecule has 2 saturated heterocycles. The minimum absolute atomic E-state index is 0.163. The van der Waals surface area contributed by atoms with E-state index >= 15 is 0 Å². The van der Waals surface area contributed by atoms with E-state index in [9.17, 15) is 9.90 Å². The molecule has 2 aliphatic rings. The number of amides is 1. The van der Waals surface area contributed by atoms with Crippen LogP contribution in [0.15, 0.2) is 0 Å². The molecule has 2 rings (SSSR count). The lowest BCUT2D eigenvalue weighted by Crippen LogP contribution is -2.49. The van der Waals surface area contributed by atoms with Crippen LogP contribution in [-0.2, 0) is 4.79 Å². The van der Waals surface area contributed by atoms with Gasteiger partial charge in [0.25, 0.3) is 0 Å². The van der Waals surface area contributed by atoms with Gasteiger partial charge in [-0.3, -0.25) is 4.79 Å². The molecule has 0 aliphatic carbocycles. The van der Waals surface area contributed by atoms with Gasteiger partial charge in [-0.1, -0.05) is 6.92 Å². The van der Waals surface area contributed by atoms with Crippen LogP contribution in [0.25, 0.3) is 0 Å². The summed E-state index contributed by atoms with van der Waals surface area (Å²) in [6.45, 7) is 5.33. The standard InChI is InChI=1S/C12H22N2O2/c1-9-8-14(6-4-11(9)15)12(16)10-3-2-5-13-7-10/h9-11,13,15H,2-8H2,1H3/t9?,10-,11?/m1/s1. The Morgan fingerprint density at radius 3 is 2.88 bits per heavy atom. The Morgan fingerprint density at radius 2 is 2.25 bits per heavy atom. The number of aliphatic hydroxyl groups is 1. The minimum Gasteiger partial charge on any atom is -0.393 e. The van der Waals surface area contributed by atoms with Crippen molar-refractivity contribution in [3.63, 3.8) is 0 Å². The number of rotatable bonds is 1. The zero-order valence-corrected chi connectivity index (χ0v) is 9.98. The van der Waals surface area contributed by atoms with Crippen molar-refractivity contribution < 1.29 is 9.90 Å². The van der Waals surface area contributed by atoms with Gasteiger partial charge in [-0.05, 0) is 31.7 Å². The lowest BCUT2D eigenvalue weighted by atomic mass is 9.93. The second-order valence-electron chi connectivity index (χ2n) is 5.16. The first kappa shape index (κ1) is 11.9.